The van der Waals surface area contributed by atoms with Crippen molar-refractivity contribution in [3.05, 3.63) is 35.4 Å². The fourth-order valence-corrected chi connectivity index (χ4v) is 2.89. The Bertz CT molecular complexity index is 576. The lowest BCUT2D eigenvalue weighted by Gasteiger charge is -2.37. The molecule has 0 fully saturated rings. The molecule has 0 amide bonds. The number of rotatable bonds is 7. The predicted molar refractivity (Wildman–Crippen MR) is 107 cm³/mol. The van der Waals surface area contributed by atoms with Gasteiger partial charge in [0.05, 0.1) is 5.56 Å². The summed E-state index contributed by atoms with van der Waals surface area (Å²) >= 11 is 0. The molecule has 0 radical (unpaired) electrons. The average Bonchev–Trinajstić information content (AvgIpc) is 2.51. The fourth-order valence-electron chi connectivity index (χ4n) is 2.89. The molecule has 0 saturated carbocycles. The number of ether oxygens (including phenoxy) is 1. The second-order valence-corrected chi connectivity index (χ2v) is 9.77. The topological polar surface area (TPSA) is 26.3 Å². The van der Waals surface area contributed by atoms with Crippen LogP contribution in [0, 0.1) is 10.8 Å². The van der Waals surface area contributed by atoms with Crippen LogP contribution in [0.2, 0.25) is 0 Å². The van der Waals surface area contributed by atoms with Gasteiger partial charge < -0.3 is 4.74 Å². The first-order valence-electron chi connectivity index (χ1n) is 9.64. The first-order chi connectivity index (χ1) is 11.3. The van der Waals surface area contributed by atoms with Crippen LogP contribution in [0.4, 0.5) is 0 Å². The number of benzene rings is 1. The average molecular weight is 347 g/mol. The van der Waals surface area contributed by atoms with Gasteiger partial charge in [-0.15, -0.1) is 0 Å². The van der Waals surface area contributed by atoms with Gasteiger partial charge in [-0.1, -0.05) is 67.0 Å². The zero-order valence-corrected chi connectivity index (χ0v) is 17.8. The van der Waals surface area contributed by atoms with Crippen LogP contribution >= 0.6 is 0 Å². The number of hydrogen-bond acceptors (Lipinski definition) is 2. The second kappa shape index (κ2) is 7.93. The Morgan fingerprint density at radius 1 is 1.00 bits per heavy atom. The maximum atomic E-state index is 12.6. The molecule has 0 aromatic heterocycles. The summed E-state index contributed by atoms with van der Waals surface area (Å²) in [4.78, 5) is 12.6. The van der Waals surface area contributed by atoms with Crippen molar-refractivity contribution in [3.63, 3.8) is 0 Å². The van der Waals surface area contributed by atoms with Crippen LogP contribution in [0.15, 0.2) is 24.3 Å². The molecule has 0 N–H and O–H groups in total. The zero-order chi connectivity index (χ0) is 19.5. The van der Waals surface area contributed by atoms with Crippen molar-refractivity contribution in [1.29, 1.82) is 0 Å². The minimum absolute atomic E-state index is 0.137. The van der Waals surface area contributed by atoms with E-state index >= 15 is 0 Å². The number of carbonyl (C=O) groups is 1. The van der Waals surface area contributed by atoms with E-state index in [-0.39, 0.29) is 16.8 Å². The lowest BCUT2D eigenvalue weighted by atomic mass is 9.68. The van der Waals surface area contributed by atoms with Crippen molar-refractivity contribution < 1.29 is 9.53 Å². The van der Waals surface area contributed by atoms with E-state index in [1.54, 1.807) is 0 Å². The molecule has 0 saturated heterocycles. The first kappa shape index (κ1) is 21.7. The molecule has 2 heteroatoms. The molecule has 0 spiro atoms. The molecular weight excluding hydrogens is 308 g/mol. The Kier molecular flexibility index (Phi) is 6.89. The third-order valence-corrected chi connectivity index (χ3v) is 5.50. The van der Waals surface area contributed by atoms with Crippen molar-refractivity contribution in [2.24, 2.45) is 10.8 Å². The van der Waals surface area contributed by atoms with Crippen molar-refractivity contribution in [1.82, 2.24) is 0 Å². The first-order valence-corrected chi connectivity index (χ1v) is 9.64. The molecule has 1 aromatic rings. The number of esters is 1. The Labute approximate surface area is 155 Å². The quantitative estimate of drug-likeness (QED) is 0.497. The smallest absolute Gasteiger partial charge is 0.338 e. The van der Waals surface area contributed by atoms with Crippen molar-refractivity contribution in [2.75, 3.05) is 0 Å². The lowest BCUT2D eigenvalue weighted by molar-refractivity contribution is -0.00246. The maximum absolute atomic E-state index is 12.6. The van der Waals surface area contributed by atoms with Crippen LogP contribution in [0.3, 0.4) is 0 Å². The van der Waals surface area contributed by atoms with Gasteiger partial charge in [-0.3, -0.25) is 0 Å². The van der Waals surface area contributed by atoms with Gasteiger partial charge in [0.25, 0.3) is 0 Å². The molecule has 2 nitrogen and oxygen atoms in total. The Morgan fingerprint density at radius 3 is 2.08 bits per heavy atom. The second-order valence-electron chi connectivity index (χ2n) is 9.77. The van der Waals surface area contributed by atoms with E-state index in [1.165, 1.54) is 5.56 Å². The molecule has 0 aliphatic rings. The molecule has 142 valence electrons. The molecule has 25 heavy (non-hydrogen) atoms. The molecule has 0 bridgehead atoms. The zero-order valence-electron chi connectivity index (χ0n) is 17.8. The minimum Gasteiger partial charge on any atom is -0.456 e. The van der Waals surface area contributed by atoms with E-state index in [2.05, 4.69) is 47.6 Å². The van der Waals surface area contributed by atoms with Crippen LogP contribution in [0.25, 0.3) is 0 Å². The molecule has 1 unspecified atom stereocenters. The monoisotopic (exact) mass is 346 g/mol. The van der Waals surface area contributed by atoms with E-state index in [0.29, 0.717) is 11.5 Å². The van der Waals surface area contributed by atoms with Gasteiger partial charge in [0, 0.05) is 0 Å². The summed E-state index contributed by atoms with van der Waals surface area (Å²) in [6, 6.07) is 8.05. The summed E-state index contributed by atoms with van der Waals surface area (Å²) in [6.07, 6.45) is 3.05. The third kappa shape index (κ3) is 6.49. The lowest BCUT2D eigenvalue weighted by Crippen LogP contribution is -2.27. The summed E-state index contributed by atoms with van der Waals surface area (Å²) in [5, 5.41) is 0. The van der Waals surface area contributed by atoms with Crippen LogP contribution in [-0.2, 0) is 4.74 Å². The summed E-state index contributed by atoms with van der Waals surface area (Å²) in [5.74, 6) is 0.172. The van der Waals surface area contributed by atoms with E-state index in [0.717, 1.165) is 19.3 Å². The summed E-state index contributed by atoms with van der Waals surface area (Å²) in [5.41, 5.74) is 1.87. The summed E-state index contributed by atoms with van der Waals surface area (Å²) in [6.45, 7) is 19.7. The highest BCUT2D eigenvalue weighted by Gasteiger charge is 2.32. The van der Waals surface area contributed by atoms with Crippen molar-refractivity contribution >= 4 is 5.97 Å². The molecule has 0 aliphatic heterocycles. The fraction of sp³-hybridized carbons (Fsp3) is 0.696. The SMILES string of the molecule is CCC(C)(C)CC(c1cccc(C(=O)OC(C)(C)CC)c1)C(C)(C)C. The van der Waals surface area contributed by atoms with Gasteiger partial charge in [0.1, 0.15) is 5.60 Å². The van der Waals surface area contributed by atoms with Gasteiger partial charge in [-0.25, -0.2) is 4.79 Å². The Hall–Kier alpha value is -1.31. The van der Waals surface area contributed by atoms with Crippen molar-refractivity contribution in [3.8, 4) is 0 Å². The van der Waals surface area contributed by atoms with E-state index in [9.17, 15) is 4.79 Å². The number of hydrogen-bond donors (Lipinski definition) is 0. The maximum Gasteiger partial charge on any atom is 0.338 e. The standard InChI is InChI=1S/C23H38O2/c1-10-22(6,7)16-19(21(3,4)5)17-13-12-14-18(15-17)20(24)25-23(8,9)11-2/h12-15,19H,10-11,16H2,1-9H3. The predicted octanol–water partition coefficient (Wildman–Crippen LogP) is 6.99. The van der Waals surface area contributed by atoms with Crippen LogP contribution in [0.5, 0.6) is 0 Å². The Balaban J connectivity index is 3.16. The molecule has 1 aromatic carbocycles. The number of carbonyl (C=O) groups excluding carboxylic acids is 1. The highest BCUT2D eigenvalue weighted by atomic mass is 16.6. The minimum atomic E-state index is -0.430. The largest absolute Gasteiger partial charge is 0.456 e. The van der Waals surface area contributed by atoms with Gasteiger partial charge >= 0.3 is 5.97 Å². The van der Waals surface area contributed by atoms with E-state index in [4.69, 9.17) is 4.74 Å². The Morgan fingerprint density at radius 2 is 1.60 bits per heavy atom. The molecule has 0 heterocycles. The normalized spacial score (nSPS) is 14.3. The van der Waals surface area contributed by atoms with Crippen LogP contribution < -0.4 is 0 Å². The van der Waals surface area contributed by atoms with Gasteiger partial charge in [0.2, 0.25) is 0 Å². The van der Waals surface area contributed by atoms with Crippen molar-refractivity contribution in [2.45, 2.75) is 93.1 Å². The molecular formula is C23H38O2. The molecule has 0 aliphatic carbocycles. The van der Waals surface area contributed by atoms with Gasteiger partial charge in [-0.05, 0) is 61.1 Å². The summed E-state index contributed by atoms with van der Waals surface area (Å²) < 4.78 is 5.68. The van der Waals surface area contributed by atoms with E-state index < -0.39 is 5.60 Å². The summed E-state index contributed by atoms with van der Waals surface area (Å²) in [7, 11) is 0. The van der Waals surface area contributed by atoms with Gasteiger partial charge in [-0.2, -0.15) is 0 Å². The van der Waals surface area contributed by atoms with Crippen LogP contribution in [0.1, 0.15) is 103 Å². The molecule has 1 atom stereocenters. The van der Waals surface area contributed by atoms with E-state index in [1.807, 2.05) is 39.0 Å². The highest BCUT2D eigenvalue weighted by Crippen LogP contribution is 2.44. The highest BCUT2D eigenvalue weighted by molar-refractivity contribution is 5.89. The molecule has 1 rings (SSSR count). The van der Waals surface area contributed by atoms with Gasteiger partial charge in [0.15, 0.2) is 0 Å². The third-order valence-electron chi connectivity index (χ3n) is 5.50. The van der Waals surface area contributed by atoms with Crippen LogP contribution in [-0.4, -0.2) is 11.6 Å².